The van der Waals surface area contributed by atoms with Gasteiger partial charge in [-0.3, -0.25) is 20.4 Å². The summed E-state index contributed by atoms with van der Waals surface area (Å²) >= 11 is 0. The summed E-state index contributed by atoms with van der Waals surface area (Å²) in [6.45, 7) is 0. The van der Waals surface area contributed by atoms with Gasteiger partial charge in [0, 0.05) is 12.6 Å². The average molecular weight is 376 g/mol. The fourth-order valence-electron chi connectivity index (χ4n) is 2.55. The van der Waals surface area contributed by atoms with Crippen molar-refractivity contribution in [3.05, 3.63) is 65.5 Å². The molecule has 27 heavy (non-hydrogen) atoms. The van der Waals surface area contributed by atoms with Crippen molar-refractivity contribution in [1.82, 2.24) is 20.4 Å². The van der Waals surface area contributed by atoms with Gasteiger partial charge in [0.05, 0.1) is 23.0 Å². The second-order valence-electron chi connectivity index (χ2n) is 5.83. The number of rotatable bonds is 3. The molecule has 140 valence electrons. The Labute approximate surface area is 152 Å². The quantitative estimate of drug-likeness (QED) is 0.690. The first-order chi connectivity index (χ1) is 12.8. The van der Waals surface area contributed by atoms with Crippen LogP contribution in [0.2, 0.25) is 0 Å². The zero-order valence-electron chi connectivity index (χ0n) is 14.2. The molecule has 6 nitrogen and oxygen atoms in total. The molecular weight excluding hydrogens is 361 g/mol. The van der Waals surface area contributed by atoms with Gasteiger partial charge in [-0.05, 0) is 36.4 Å². The first kappa shape index (κ1) is 18.4. The van der Waals surface area contributed by atoms with Crippen LogP contribution in [0.4, 0.5) is 13.2 Å². The Morgan fingerprint density at radius 2 is 1.70 bits per heavy atom. The molecule has 0 saturated heterocycles. The zero-order chi connectivity index (χ0) is 19.6. The first-order valence-electron chi connectivity index (χ1n) is 7.92. The molecule has 0 bridgehead atoms. The highest BCUT2D eigenvalue weighted by molar-refractivity contribution is 5.95. The molecule has 1 aromatic heterocycles. The van der Waals surface area contributed by atoms with Gasteiger partial charge in [-0.25, -0.2) is 4.98 Å². The summed E-state index contributed by atoms with van der Waals surface area (Å²) < 4.78 is 39.3. The van der Waals surface area contributed by atoms with Crippen molar-refractivity contribution >= 4 is 22.8 Å². The maximum atomic E-state index is 12.5. The van der Waals surface area contributed by atoms with E-state index < -0.39 is 23.6 Å². The number of benzene rings is 2. The third-order valence-electron chi connectivity index (χ3n) is 3.99. The number of para-hydroxylation sites is 2. The topological polar surface area (TPSA) is 76.0 Å². The van der Waals surface area contributed by atoms with Gasteiger partial charge in [0.15, 0.2) is 0 Å². The van der Waals surface area contributed by atoms with Crippen molar-refractivity contribution < 1.29 is 22.8 Å². The molecule has 0 aliphatic rings. The number of imidazole rings is 1. The highest BCUT2D eigenvalue weighted by Gasteiger charge is 2.30. The molecule has 0 spiro atoms. The summed E-state index contributed by atoms with van der Waals surface area (Å²) in [6.07, 6.45) is -4.55. The lowest BCUT2D eigenvalue weighted by Gasteiger charge is -2.09. The third kappa shape index (κ3) is 4.08. The van der Waals surface area contributed by atoms with Crippen molar-refractivity contribution in [1.29, 1.82) is 0 Å². The van der Waals surface area contributed by atoms with Gasteiger partial charge in [0.1, 0.15) is 5.82 Å². The van der Waals surface area contributed by atoms with Crippen LogP contribution in [0.1, 0.15) is 21.7 Å². The van der Waals surface area contributed by atoms with Crippen LogP contribution in [0.25, 0.3) is 11.0 Å². The number of carbonyl (C=O) groups excluding carboxylic acids is 2. The van der Waals surface area contributed by atoms with Crippen LogP contribution in [0, 0.1) is 0 Å². The van der Waals surface area contributed by atoms with E-state index in [0.29, 0.717) is 5.82 Å². The fraction of sp³-hybridized carbons (Fsp3) is 0.167. The van der Waals surface area contributed by atoms with Crippen LogP contribution < -0.4 is 10.9 Å². The lowest BCUT2D eigenvalue weighted by Crippen LogP contribution is -2.42. The van der Waals surface area contributed by atoms with E-state index in [9.17, 15) is 22.8 Å². The Bertz CT molecular complexity index is 994. The SMILES string of the molecule is Cn1c(CC(=O)NNC(=O)c2ccc(C(F)(F)F)cc2)nc2ccccc21. The molecule has 3 rings (SSSR count). The molecule has 0 fully saturated rings. The van der Waals surface area contributed by atoms with Crippen LogP contribution >= 0.6 is 0 Å². The van der Waals surface area contributed by atoms with E-state index >= 15 is 0 Å². The number of nitrogens with zero attached hydrogens (tertiary/aromatic N) is 2. The maximum Gasteiger partial charge on any atom is 0.416 e. The Hall–Kier alpha value is -3.36. The fourth-order valence-corrected chi connectivity index (χ4v) is 2.55. The number of alkyl halides is 3. The van der Waals surface area contributed by atoms with Gasteiger partial charge in [-0.2, -0.15) is 13.2 Å². The van der Waals surface area contributed by atoms with E-state index in [1.54, 1.807) is 11.6 Å². The molecule has 0 aliphatic carbocycles. The van der Waals surface area contributed by atoms with Crippen LogP contribution in [-0.4, -0.2) is 21.4 Å². The molecule has 2 aromatic carbocycles. The van der Waals surface area contributed by atoms with Gasteiger partial charge in [-0.15, -0.1) is 0 Å². The summed E-state index contributed by atoms with van der Waals surface area (Å²) in [5.41, 5.74) is 5.16. The van der Waals surface area contributed by atoms with Crippen molar-refractivity contribution in [2.75, 3.05) is 0 Å². The van der Waals surface area contributed by atoms with Crippen molar-refractivity contribution in [2.45, 2.75) is 12.6 Å². The van der Waals surface area contributed by atoms with Gasteiger partial charge in [0.2, 0.25) is 5.91 Å². The van der Waals surface area contributed by atoms with Gasteiger partial charge in [0.25, 0.3) is 5.91 Å². The van der Waals surface area contributed by atoms with E-state index in [2.05, 4.69) is 15.8 Å². The molecule has 0 saturated carbocycles. The molecule has 0 atom stereocenters. The van der Waals surface area contributed by atoms with Crippen LogP contribution in [0.15, 0.2) is 48.5 Å². The molecule has 1 heterocycles. The summed E-state index contributed by atoms with van der Waals surface area (Å²) in [4.78, 5) is 28.3. The van der Waals surface area contributed by atoms with Crippen molar-refractivity contribution in [3.63, 3.8) is 0 Å². The van der Waals surface area contributed by atoms with E-state index in [4.69, 9.17) is 0 Å². The highest BCUT2D eigenvalue weighted by Crippen LogP contribution is 2.29. The Balaban J connectivity index is 1.60. The normalized spacial score (nSPS) is 11.4. The monoisotopic (exact) mass is 376 g/mol. The third-order valence-corrected chi connectivity index (χ3v) is 3.99. The summed E-state index contributed by atoms with van der Waals surface area (Å²) in [6, 6.07) is 11.1. The molecule has 0 radical (unpaired) electrons. The highest BCUT2D eigenvalue weighted by atomic mass is 19.4. The number of nitrogens with one attached hydrogen (secondary N) is 2. The molecule has 3 aromatic rings. The lowest BCUT2D eigenvalue weighted by atomic mass is 10.1. The number of halogens is 3. The minimum absolute atomic E-state index is 0.00831. The molecule has 2 N–H and O–H groups in total. The van der Waals surface area contributed by atoms with Gasteiger partial charge < -0.3 is 4.57 Å². The maximum absolute atomic E-state index is 12.5. The number of hydrazine groups is 1. The zero-order valence-corrected chi connectivity index (χ0v) is 14.2. The second-order valence-corrected chi connectivity index (χ2v) is 5.83. The number of aryl methyl sites for hydroxylation is 1. The number of aromatic nitrogens is 2. The molecular formula is C18H15F3N4O2. The number of carbonyl (C=O) groups is 2. The summed E-state index contributed by atoms with van der Waals surface area (Å²) in [7, 11) is 1.78. The molecule has 2 amide bonds. The molecule has 9 heteroatoms. The molecule has 0 aliphatic heterocycles. The van der Waals surface area contributed by atoms with Crippen LogP contribution in [0.3, 0.4) is 0 Å². The van der Waals surface area contributed by atoms with E-state index in [1.807, 2.05) is 24.3 Å². The predicted octanol–water partition coefficient (Wildman–Crippen LogP) is 2.60. The Morgan fingerprint density at radius 3 is 2.33 bits per heavy atom. The lowest BCUT2D eigenvalue weighted by molar-refractivity contribution is -0.137. The van der Waals surface area contributed by atoms with Crippen molar-refractivity contribution in [2.24, 2.45) is 7.05 Å². The number of hydrogen-bond acceptors (Lipinski definition) is 3. The van der Waals surface area contributed by atoms with Crippen LogP contribution in [-0.2, 0) is 24.4 Å². The second kappa shape index (κ2) is 7.10. The molecule has 0 unspecified atom stereocenters. The van der Waals surface area contributed by atoms with E-state index in [1.165, 1.54) is 0 Å². The number of fused-ring (bicyclic) bond motifs is 1. The first-order valence-corrected chi connectivity index (χ1v) is 7.92. The van der Waals surface area contributed by atoms with Crippen molar-refractivity contribution in [3.8, 4) is 0 Å². The average Bonchev–Trinajstić information content (AvgIpc) is 2.95. The minimum Gasteiger partial charge on any atom is -0.331 e. The van der Waals surface area contributed by atoms with Gasteiger partial charge >= 0.3 is 6.18 Å². The van der Waals surface area contributed by atoms with Gasteiger partial charge in [-0.1, -0.05) is 12.1 Å². The predicted molar refractivity (Wildman–Crippen MR) is 91.5 cm³/mol. The Morgan fingerprint density at radius 1 is 1.04 bits per heavy atom. The summed E-state index contributed by atoms with van der Waals surface area (Å²) in [5, 5.41) is 0. The number of hydrogen-bond donors (Lipinski definition) is 2. The smallest absolute Gasteiger partial charge is 0.331 e. The van der Waals surface area contributed by atoms with E-state index in [0.717, 1.165) is 35.3 Å². The van der Waals surface area contributed by atoms with Crippen LogP contribution in [0.5, 0.6) is 0 Å². The Kier molecular flexibility index (Phi) is 4.85. The standard InChI is InChI=1S/C18H15F3N4O2/c1-25-14-5-3-2-4-13(14)22-15(25)10-16(26)23-24-17(27)11-6-8-12(9-7-11)18(19,20)21/h2-9H,10H2,1H3,(H,23,26)(H,24,27). The minimum atomic E-state index is -4.48. The van der Waals surface area contributed by atoms with E-state index in [-0.39, 0.29) is 12.0 Å². The summed E-state index contributed by atoms with van der Waals surface area (Å²) in [5.74, 6) is -0.715. The largest absolute Gasteiger partial charge is 0.416 e. The number of amides is 2.